The number of ketones is 1. The molecule has 1 aromatic rings. The third-order valence-electron chi connectivity index (χ3n) is 4.21. The smallest absolute Gasteiger partial charge is 0.185 e. The molecule has 0 amide bonds. The van der Waals surface area contributed by atoms with E-state index in [0.717, 1.165) is 39.3 Å². The number of carbonyl (C=O) groups is 1. The average Bonchev–Trinajstić information content (AvgIpc) is 2.53. The Bertz CT molecular complexity index is 805. The molecule has 2 nitrogen and oxygen atoms in total. The van der Waals surface area contributed by atoms with E-state index < -0.39 is 8.07 Å². The summed E-state index contributed by atoms with van der Waals surface area (Å²) in [6.45, 7) is 14.4. The van der Waals surface area contributed by atoms with E-state index in [2.05, 4.69) is 31.1 Å². The molecule has 0 aliphatic heterocycles. The summed E-state index contributed by atoms with van der Waals surface area (Å²) in [6.07, 6.45) is 0. The largest absolute Gasteiger partial charge is 0.289 e. The molecule has 24 heavy (non-hydrogen) atoms. The molecule has 1 aliphatic rings. The van der Waals surface area contributed by atoms with Crippen LogP contribution in [0.5, 0.6) is 0 Å². The standard InChI is InChI=1S/C21H25NOSi/c1-14-16(3)21(23)17(4)15(2)20(14)22-19-10-8-18(9-11-19)12-13-24(5,6)7/h8-11H,1-7H3. The summed E-state index contributed by atoms with van der Waals surface area (Å²) in [4.78, 5) is 16.9. The van der Waals surface area contributed by atoms with Crippen molar-refractivity contribution < 1.29 is 4.79 Å². The number of Topliss-reactive ketones (excluding diaryl/α,β-unsaturated/α-hetero) is 1. The fourth-order valence-electron chi connectivity index (χ4n) is 2.43. The number of hydrogen-bond donors (Lipinski definition) is 0. The summed E-state index contributed by atoms with van der Waals surface area (Å²) < 4.78 is 0. The molecule has 0 unspecified atom stereocenters. The third kappa shape index (κ3) is 4.01. The van der Waals surface area contributed by atoms with Crippen LogP contribution in [-0.2, 0) is 4.79 Å². The molecule has 1 aromatic carbocycles. The Kier molecular flexibility index (Phi) is 5.10. The highest BCUT2D eigenvalue weighted by Gasteiger charge is 2.23. The van der Waals surface area contributed by atoms with Gasteiger partial charge in [-0.25, -0.2) is 4.99 Å². The zero-order valence-corrected chi connectivity index (χ0v) is 16.7. The van der Waals surface area contributed by atoms with Gasteiger partial charge in [0, 0.05) is 16.7 Å². The lowest BCUT2D eigenvalue weighted by Crippen LogP contribution is -2.19. The third-order valence-corrected chi connectivity index (χ3v) is 5.08. The van der Waals surface area contributed by atoms with Gasteiger partial charge in [-0.05, 0) is 63.1 Å². The van der Waals surface area contributed by atoms with Gasteiger partial charge in [0.15, 0.2) is 5.78 Å². The van der Waals surface area contributed by atoms with Crippen molar-refractivity contribution in [3.63, 3.8) is 0 Å². The molecule has 124 valence electrons. The maximum absolute atomic E-state index is 12.2. The van der Waals surface area contributed by atoms with Gasteiger partial charge in [0.05, 0.1) is 11.4 Å². The molecule has 0 bridgehead atoms. The average molecular weight is 336 g/mol. The van der Waals surface area contributed by atoms with Gasteiger partial charge in [-0.2, -0.15) is 0 Å². The minimum Gasteiger partial charge on any atom is -0.289 e. The minimum atomic E-state index is -1.36. The Labute approximate surface area is 146 Å². The van der Waals surface area contributed by atoms with Crippen LogP contribution < -0.4 is 0 Å². The Hall–Kier alpha value is -2.18. The molecule has 0 aromatic heterocycles. The van der Waals surface area contributed by atoms with E-state index in [4.69, 9.17) is 4.99 Å². The van der Waals surface area contributed by atoms with E-state index in [0.29, 0.717) is 0 Å². The van der Waals surface area contributed by atoms with E-state index in [1.807, 2.05) is 52.0 Å². The molecule has 0 radical (unpaired) electrons. The molecular weight excluding hydrogens is 310 g/mol. The summed E-state index contributed by atoms with van der Waals surface area (Å²) in [5, 5.41) is 0. The van der Waals surface area contributed by atoms with Gasteiger partial charge in [-0.3, -0.25) is 4.79 Å². The first-order valence-electron chi connectivity index (χ1n) is 8.22. The van der Waals surface area contributed by atoms with E-state index in [-0.39, 0.29) is 5.78 Å². The van der Waals surface area contributed by atoms with Crippen molar-refractivity contribution in [3.05, 3.63) is 52.1 Å². The Balaban J connectivity index is 2.38. The van der Waals surface area contributed by atoms with Crippen LogP contribution in [0.1, 0.15) is 33.3 Å². The lowest BCUT2D eigenvalue weighted by atomic mass is 9.86. The van der Waals surface area contributed by atoms with Crippen LogP contribution in [0.25, 0.3) is 0 Å². The second-order valence-corrected chi connectivity index (χ2v) is 12.1. The molecule has 0 atom stereocenters. The number of rotatable bonds is 1. The number of allylic oxidation sites excluding steroid dienone is 4. The fourth-order valence-corrected chi connectivity index (χ4v) is 2.95. The van der Waals surface area contributed by atoms with E-state index in [1.54, 1.807) is 0 Å². The Morgan fingerprint density at radius 1 is 0.833 bits per heavy atom. The Morgan fingerprint density at radius 2 is 1.33 bits per heavy atom. The molecule has 0 spiro atoms. The van der Waals surface area contributed by atoms with Crippen molar-refractivity contribution >= 4 is 25.3 Å². The summed E-state index contributed by atoms with van der Waals surface area (Å²) in [5.74, 6) is 3.38. The van der Waals surface area contributed by atoms with E-state index in [9.17, 15) is 4.79 Å². The number of aliphatic imine (C=N–C) groups is 1. The molecular formula is C21H25NOSi. The topological polar surface area (TPSA) is 29.4 Å². The predicted octanol–water partition coefficient (Wildman–Crippen LogP) is 5.24. The number of hydrogen-bond acceptors (Lipinski definition) is 2. The van der Waals surface area contributed by atoms with Gasteiger partial charge in [0.25, 0.3) is 0 Å². The number of carbonyl (C=O) groups excluding carboxylic acids is 1. The highest BCUT2D eigenvalue weighted by molar-refractivity contribution is 6.83. The monoisotopic (exact) mass is 335 g/mol. The molecule has 0 heterocycles. The molecule has 0 fully saturated rings. The van der Waals surface area contributed by atoms with Crippen molar-refractivity contribution in [2.75, 3.05) is 0 Å². The number of benzene rings is 1. The highest BCUT2D eigenvalue weighted by atomic mass is 28.3. The van der Waals surface area contributed by atoms with Crippen LogP contribution in [0, 0.1) is 11.5 Å². The van der Waals surface area contributed by atoms with E-state index in [1.165, 1.54) is 0 Å². The van der Waals surface area contributed by atoms with Crippen molar-refractivity contribution in [1.29, 1.82) is 0 Å². The summed E-state index contributed by atoms with van der Waals surface area (Å²) in [5.41, 5.74) is 9.69. The second kappa shape index (κ2) is 6.74. The maximum atomic E-state index is 12.2. The quantitative estimate of drug-likeness (QED) is 0.392. The highest BCUT2D eigenvalue weighted by Crippen LogP contribution is 2.27. The first kappa shape index (κ1) is 18.2. The van der Waals surface area contributed by atoms with Crippen LogP contribution in [-0.4, -0.2) is 19.6 Å². The lowest BCUT2D eigenvalue weighted by Gasteiger charge is -2.19. The van der Waals surface area contributed by atoms with Crippen LogP contribution in [0.3, 0.4) is 0 Å². The molecule has 3 heteroatoms. The van der Waals surface area contributed by atoms with Gasteiger partial charge in [-0.15, -0.1) is 5.54 Å². The van der Waals surface area contributed by atoms with Gasteiger partial charge in [0.2, 0.25) is 0 Å². The normalized spacial score (nSPS) is 15.5. The van der Waals surface area contributed by atoms with Crippen molar-refractivity contribution in [2.45, 2.75) is 47.3 Å². The fraction of sp³-hybridized carbons (Fsp3) is 0.333. The van der Waals surface area contributed by atoms with Crippen LogP contribution in [0.15, 0.2) is 51.6 Å². The first-order valence-corrected chi connectivity index (χ1v) is 11.7. The molecule has 0 saturated heterocycles. The van der Waals surface area contributed by atoms with Crippen molar-refractivity contribution in [3.8, 4) is 11.5 Å². The number of nitrogens with zero attached hydrogens (tertiary/aromatic N) is 1. The van der Waals surface area contributed by atoms with Crippen LogP contribution in [0.4, 0.5) is 5.69 Å². The molecule has 0 N–H and O–H groups in total. The SMILES string of the molecule is CC1=C(C)C(=Nc2ccc(C#C[Si](C)(C)C)cc2)C(C)=C(C)C1=O. The minimum absolute atomic E-state index is 0.126. The zero-order chi connectivity index (χ0) is 18.1. The predicted molar refractivity (Wildman–Crippen MR) is 106 cm³/mol. The zero-order valence-electron chi connectivity index (χ0n) is 15.7. The van der Waals surface area contributed by atoms with Crippen LogP contribution in [0.2, 0.25) is 19.6 Å². The van der Waals surface area contributed by atoms with Gasteiger partial charge in [-0.1, -0.05) is 25.6 Å². The maximum Gasteiger partial charge on any atom is 0.185 e. The summed E-state index contributed by atoms with van der Waals surface area (Å²) in [7, 11) is -1.36. The van der Waals surface area contributed by atoms with Crippen molar-refractivity contribution in [1.82, 2.24) is 0 Å². The summed E-state index contributed by atoms with van der Waals surface area (Å²) in [6, 6.07) is 8.00. The molecule has 0 saturated carbocycles. The van der Waals surface area contributed by atoms with Gasteiger partial charge < -0.3 is 0 Å². The molecule has 1 aliphatic carbocycles. The van der Waals surface area contributed by atoms with Crippen LogP contribution >= 0.6 is 0 Å². The summed E-state index contributed by atoms with van der Waals surface area (Å²) >= 11 is 0. The lowest BCUT2D eigenvalue weighted by molar-refractivity contribution is -0.112. The molecule has 2 rings (SSSR count). The Morgan fingerprint density at radius 3 is 1.79 bits per heavy atom. The van der Waals surface area contributed by atoms with E-state index >= 15 is 0 Å². The van der Waals surface area contributed by atoms with Crippen molar-refractivity contribution in [2.24, 2.45) is 4.99 Å². The van der Waals surface area contributed by atoms with Gasteiger partial charge in [0.1, 0.15) is 8.07 Å². The van der Waals surface area contributed by atoms with Gasteiger partial charge >= 0.3 is 0 Å². The first-order chi connectivity index (χ1) is 11.1. The second-order valence-electron chi connectivity index (χ2n) is 7.34.